The molecule has 0 aromatic heterocycles. The molecule has 0 amide bonds. The van der Waals surface area contributed by atoms with Crippen LogP contribution in [0.15, 0.2) is 6.07 Å². The van der Waals surface area contributed by atoms with Crippen LogP contribution in [0.2, 0.25) is 0 Å². The van der Waals surface area contributed by atoms with Gasteiger partial charge in [0.1, 0.15) is 11.3 Å². The number of rotatable bonds is 4. The minimum atomic E-state index is -1.26. The third kappa shape index (κ3) is 2.22. The highest BCUT2D eigenvalue weighted by molar-refractivity contribution is 5.97. The summed E-state index contributed by atoms with van der Waals surface area (Å²) >= 11 is 0. The van der Waals surface area contributed by atoms with E-state index in [0.29, 0.717) is 12.0 Å². The van der Waals surface area contributed by atoms with Gasteiger partial charge in [-0.25, -0.2) is 9.59 Å². The van der Waals surface area contributed by atoms with Gasteiger partial charge in [-0.15, -0.1) is 0 Å². The van der Waals surface area contributed by atoms with Gasteiger partial charge in [-0.05, 0) is 24.5 Å². The summed E-state index contributed by atoms with van der Waals surface area (Å²) in [4.78, 5) is 22.1. The number of aromatic hydroxyl groups is 1. The predicted molar refractivity (Wildman–Crippen MR) is 60.8 cm³/mol. The second kappa shape index (κ2) is 4.86. The molecule has 3 N–H and O–H groups in total. The van der Waals surface area contributed by atoms with Gasteiger partial charge in [0.05, 0.1) is 5.56 Å². The van der Waals surface area contributed by atoms with Crippen molar-refractivity contribution in [3.8, 4) is 5.75 Å². The molecule has 0 unspecified atom stereocenters. The molecule has 0 bridgehead atoms. The second-order valence-corrected chi connectivity index (χ2v) is 3.60. The largest absolute Gasteiger partial charge is 0.507 e. The molecule has 0 atom stereocenters. The lowest BCUT2D eigenvalue weighted by molar-refractivity contribution is 0.0676. The summed E-state index contributed by atoms with van der Waals surface area (Å²) < 4.78 is 0. The van der Waals surface area contributed by atoms with Crippen molar-refractivity contribution < 1.29 is 24.9 Å². The highest BCUT2D eigenvalue weighted by Gasteiger charge is 2.23. The number of benzene rings is 1. The number of hydrogen-bond acceptors (Lipinski definition) is 3. The van der Waals surface area contributed by atoms with Crippen molar-refractivity contribution >= 4 is 11.9 Å². The molecule has 0 heterocycles. The molecule has 17 heavy (non-hydrogen) atoms. The molecular formula is C12H14O5. The van der Waals surface area contributed by atoms with Crippen molar-refractivity contribution in [1.29, 1.82) is 0 Å². The smallest absolute Gasteiger partial charge is 0.339 e. The standard InChI is InChI=1S/C12H14O5/c1-3-6-5-8(11(14)15)10(13)7(4-2)9(6)12(16)17/h5,13H,3-4H2,1-2H3,(H,14,15)(H,16,17). The van der Waals surface area contributed by atoms with Crippen LogP contribution in [0.5, 0.6) is 5.75 Å². The zero-order chi connectivity index (χ0) is 13.2. The van der Waals surface area contributed by atoms with Gasteiger partial charge in [-0.1, -0.05) is 13.8 Å². The van der Waals surface area contributed by atoms with Gasteiger partial charge in [0.2, 0.25) is 0 Å². The second-order valence-electron chi connectivity index (χ2n) is 3.60. The molecule has 1 aromatic carbocycles. The lowest BCUT2D eigenvalue weighted by Gasteiger charge is -2.13. The first kappa shape index (κ1) is 13.0. The molecule has 0 fully saturated rings. The van der Waals surface area contributed by atoms with Crippen molar-refractivity contribution in [2.75, 3.05) is 0 Å². The van der Waals surface area contributed by atoms with Crippen LogP contribution in [0.1, 0.15) is 45.7 Å². The van der Waals surface area contributed by atoms with Gasteiger partial charge in [-0.2, -0.15) is 0 Å². The van der Waals surface area contributed by atoms with Gasteiger partial charge in [0.15, 0.2) is 0 Å². The van der Waals surface area contributed by atoms with E-state index in [1.54, 1.807) is 13.8 Å². The number of carboxylic acids is 2. The number of carbonyl (C=O) groups is 2. The van der Waals surface area contributed by atoms with Crippen LogP contribution < -0.4 is 0 Å². The Morgan fingerprint density at radius 1 is 1.12 bits per heavy atom. The van der Waals surface area contributed by atoms with Gasteiger partial charge in [0, 0.05) is 5.56 Å². The van der Waals surface area contributed by atoms with Crippen molar-refractivity contribution in [3.05, 3.63) is 28.3 Å². The number of aryl methyl sites for hydroxylation is 1. The van der Waals surface area contributed by atoms with E-state index in [1.165, 1.54) is 6.07 Å². The molecule has 0 aliphatic rings. The number of aromatic carboxylic acids is 2. The average Bonchev–Trinajstić information content (AvgIpc) is 2.27. The summed E-state index contributed by atoms with van der Waals surface area (Å²) in [5, 5.41) is 27.8. The highest BCUT2D eigenvalue weighted by atomic mass is 16.4. The van der Waals surface area contributed by atoms with Crippen molar-refractivity contribution in [2.24, 2.45) is 0 Å². The summed E-state index contributed by atoms with van der Waals surface area (Å²) in [7, 11) is 0. The van der Waals surface area contributed by atoms with E-state index < -0.39 is 17.7 Å². The zero-order valence-electron chi connectivity index (χ0n) is 9.65. The Kier molecular flexibility index (Phi) is 3.73. The first-order chi connectivity index (χ1) is 7.93. The van der Waals surface area contributed by atoms with Crippen molar-refractivity contribution in [3.63, 3.8) is 0 Å². The average molecular weight is 238 g/mol. The first-order valence-electron chi connectivity index (χ1n) is 5.28. The summed E-state index contributed by atoms with van der Waals surface area (Å²) in [6.07, 6.45) is 0.663. The minimum Gasteiger partial charge on any atom is -0.507 e. The van der Waals surface area contributed by atoms with E-state index in [-0.39, 0.29) is 23.1 Å². The Balaban J connectivity index is 3.67. The monoisotopic (exact) mass is 238 g/mol. The molecule has 0 spiro atoms. The lowest BCUT2D eigenvalue weighted by atomic mass is 9.93. The van der Waals surface area contributed by atoms with Crippen LogP contribution in [0, 0.1) is 0 Å². The summed E-state index contributed by atoms with van der Waals surface area (Å²) in [5.74, 6) is -2.86. The normalized spacial score (nSPS) is 10.2. The summed E-state index contributed by atoms with van der Waals surface area (Å²) in [5.41, 5.74) is 0.361. The zero-order valence-corrected chi connectivity index (χ0v) is 9.65. The van der Waals surface area contributed by atoms with Gasteiger partial charge >= 0.3 is 11.9 Å². The maximum Gasteiger partial charge on any atom is 0.339 e. The Morgan fingerprint density at radius 2 is 1.71 bits per heavy atom. The molecule has 1 aromatic rings. The number of phenols is 1. The first-order valence-corrected chi connectivity index (χ1v) is 5.28. The van der Waals surface area contributed by atoms with E-state index in [1.807, 2.05) is 0 Å². The summed E-state index contributed by atoms with van der Waals surface area (Å²) in [6.45, 7) is 3.41. The van der Waals surface area contributed by atoms with Crippen LogP contribution in [-0.2, 0) is 12.8 Å². The molecular weight excluding hydrogens is 224 g/mol. The van der Waals surface area contributed by atoms with E-state index in [0.717, 1.165) is 0 Å². The maximum absolute atomic E-state index is 11.1. The molecule has 0 aliphatic carbocycles. The van der Waals surface area contributed by atoms with E-state index in [4.69, 9.17) is 10.2 Å². The molecule has 0 radical (unpaired) electrons. The van der Waals surface area contributed by atoms with Crippen molar-refractivity contribution in [1.82, 2.24) is 0 Å². The molecule has 0 saturated heterocycles. The molecule has 5 nitrogen and oxygen atoms in total. The number of hydrogen-bond donors (Lipinski definition) is 3. The fraction of sp³-hybridized carbons (Fsp3) is 0.333. The van der Waals surface area contributed by atoms with E-state index >= 15 is 0 Å². The fourth-order valence-corrected chi connectivity index (χ4v) is 1.84. The molecule has 5 heteroatoms. The maximum atomic E-state index is 11.1. The Hall–Kier alpha value is -2.04. The van der Waals surface area contributed by atoms with Gasteiger partial charge in [-0.3, -0.25) is 0 Å². The highest BCUT2D eigenvalue weighted by Crippen LogP contribution is 2.30. The van der Waals surface area contributed by atoms with E-state index in [9.17, 15) is 14.7 Å². The van der Waals surface area contributed by atoms with E-state index in [2.05, 4.69) is 0 Å². The predicted octanol–water partition coefficient (Wildman–Crippen LogP) is 1.91. The van der Waals surface area contributed by atoms with Crippen LogP contribution in [0.25, 0.3) is 0 Å². The molecule has 1 rings (SSSR count). The SMILES string of the molecule is CCc1cc(C(=O)O)c(O)c(CC)c1C(=O)O. The van der Waals surface area contributed by atoms with Crippen LogP contribution >= 0.6 is 0 Å². The summed E-state index contributed by atoms with van der Waals surface area (Å²) in [6, 6.07) is 1.22. The van der Waals surface area contributed by atoms with Gasteiger partial charge in [0.25, 0.3) is 0 Å². The van der Waals surface area contributed by atoms with Crippen LogP contribution in [0.3, 0.4) is 0 Å². The van der Waals surface area contributed by atoms with Crippen molar-refractivity contribution in [2.45, 2.75) is 26.7 Å². The number of carboxylic acid groups (broad SMARTS) is 2. The van der Waals surface area contributed by atoms with Crippen LogP contribution in [-0.4, -0.2) is 27.3 Å². The Bertz CT molecular complexity index is 476. The molecule has 0 saturated carbocycles. The van der Waals surface area contributed by atoms with Gasteiger partial charge < -0.3 is 15.3 Å². The minimum absolute atomic E-state index is 0.0116. The third-order valence-corrected chi connectivity index (χ3v) is 2.66. The third-order valence-electron chi connectivity index (χ3n) is 2.66. The quantitative estimate of drug-likeness (QED) is 0.744. The van der Waals surface area contributed by atoms with Crippen LogP contribution in [0.4, 0.5) is 0 Å². The fourth-order valence-electron chi connectivity index (χ4n) is 1.84. The molecule has 0 aliphatic heterocycles. The Morgan fingerprint density at radius 3 is 2.06 bits per heavy atom. The lowest BCUT2D eigenvalue weighted by Crippen LogP contribution is -2.10. The molecule has 92 valence electrons. The Labute approximate surface area is 98.3 Å². The topological polar surface area (TPSA) is 94.8 Å².